The van der Waals surface area contributed by atoms with Crippen molar-refractivity contribution >= 4 is 11.8 Å². The van der Waals surface area contributed by atoms with Crippen molar-refractivity contribution in [3.05, 3.63) is 0 Å². The van der Waals surface area contributed by atoms with Crippen LogP contribution in [-0.2, 0) is 9.59 Å². The van der Waals surface area contributed by atoms with Crippen molar-refractivity contribution in [2.45, 2.75) is 45.2 Å². The summed E-state index contributed by atoms with van der Waals surface area (Å²) in [5.41, 5.74) is -0.730. The van der Waals surface area contributed by atoms with Gasteiger partial charge in [0.25, 0.3) is 0 Å². The van der Waals surface area contributed by atoms with Crippen LogP contribution in [0.1, 0.15) is 33.6 Å². The van der Waals surface area contributed by atoms with Crippen molar-refractivity contribution in [1.82, 2.24) is 15.5 Å². The van der Waals surface area contributed by atoms with Crippen molar-refractivity contribution < 1.29 is 9.59 Å². The summed E-state index contributed by atoms with van der Waals surface area (Å²) in [6.07, 6.45) is 1.95. The molecule has 0 aromatic rings. The summed E-state index contributed by atoms with van der Waals surface area (Å²) in [7, 11) is 0. The quantitative estimate of drug-likeness (QED) is 0.697. The molecule has 0 aromatic heterocycles. The van der Waals surface area contributed by atoms with Gasteiger partial charge >= 0.3 is 0 Å². The van der Waals surface area contributed by atoms with Gasteiger partial charge in [-0.25, -0.2) is 0 Å². The number of nitrogens with one attached hydrogen (secondary N) is 2. The lowest BCUT2D eigenvalue weighted by Gasteiger charge is -2.44. The molecule has 102 valence electrons. The Morgan fingerprint density at radius 1 is 1.39 bits per heavy atom. The summed E-state index contributed by atoms with van der Waals surface area (Å²) >= 11 is 0. The number of carbonyl (C=O) groups excluding carboxylic acids is 2. The third-order valence-corrected chi connectivity index (χ3v) is 4.20. The first-order valence-corrected chi connectivity index (χ1v) is 6.78. The van der Waals surface area contributed by atoms with Crippen LogP contribution in [0.3, 0.4) is 0 Å². The molecule has 2 unspecified atom stereocenters. The number of rotatable bonds is 1. The highest BCUT2D eigenvalue weighted by Crippen LogP contribution is 2.25. The zero-order chi connectivity index (χ0) is 13.3. The molecule has 0 bridgehead atoms. The molecule has 2 rings (SSSR count). The summed E-state index contributed by atoms with van der Waals surface area (Å²) in [5.74, 6) is 0.0667. The van der Waals surface area contributed by atoms with Gasteiger partial charge in [-0.2, -0.15) is 0 Å². The molecule has 2 aliphatic heterocycles. The fourth-order valence-corrected chi connectivity index (χ4v) is 2.87. The van der Waals surface area contributed by atoms with Gasteiger partial charge in [0.2, 0.25) is 11.8 Å². The smallest absolute Gasteiger partial charge is 0.245 e. The van der Waals surface area contributed by atoms with Gasteiger partial charge in [-0.15, -0.1) is 0 Å². The maximum absolute atomic E-state index is 12.6. The SMILES string of the molecule is CC1NCCCC1C(=O)N1CCNC(=O)C1(C)C. The molecular formula is C13H23N3O2. The van der Waals surface area contributed by atoms with Crippen LogP contribution >= 0.6 is 0 Å². The van der Waals surface area contributed by atoms with Gasteiger partial charge in [-0.05, 0) is 40.2 Å². The number of piperazine rings is 1. The predicted octanol–water partition coefficient (Wildman–Crippen LogP) is 0.112. The average molecular weight is 253 g/mol. The second-order valence-electron chi connectivity index (χ2n) is 5.80. The molecule has 0 saturated carbocycles. The highest BCUT2D eigenvalue weighted by atomic mass is 16.2. The largest absolute Gasteiger partial charge is 0.352 e. The van der Waals surface area contributed by atoms with Crippen molar-refractivity contribution in [2.75, 3.05) is 19.6 Å². The first-order chi connectivity index (χ1) is 8.44. The lowest BCUT2D eigenvalue weighted by molar-refractivity contribution is -0.153. The van der Waals surface area contributed by atoms with Crippen LogP contribution in [-0.4, -0.2) is 47.9 Å². The zero-order valence-electron chi connectivity index (χ0n) is 11.5. The van der Waals surface area contributed by atoms with Crippen LogP contribution in [0.2, 0.25) is 0 Å². The zero-order valence-corrected chi connectivity index (χ0v) is 11.5. The Bertz CT molecular complexity index is 354. The third-order valence-electron chi connectivity index (χ3n) is 4.20. The van der Waals surface area contributed by atoms with E-state index in [4.69, 9.17) is 0 Å². The Balaban J connectivity index is 2.14. The molecule has 0 aromatic carbocycles. The number of hydrogen-bond acceptors (Lipinski definition) is 3. The molecule has 5 nitrogen and oxygen atoms in total. The van der Waals surface area contributed by atoms with Crippen molar-refractivity contribution in [2.24, 2.45) is 5.92 Å². The Morgan fingerprint density at radius 2 is 2.11 bits per heavy atom. The van der Waals surface area contributed by atoms with E-state index in [0.29, 0.717) is 13.1 Å². The highest BCUT2D eigenvalue weighted by Gasteiger charge is 2.43. The van der Waals surface area contributed by atoms with E-state index in [1.807, 2.05) is 13.8 Å². The molecule has 2 fully saturated rings. The number of nitrogens with zero attached hydrogens (tertiary/aromatic N) is 1. The summed E-state index contributed by atoms with van der Waals surface area (Å²) in [6, 6.07) is 0.201. The number of amides is 2. The van der Waals surface area contributed by atoms with Crippen LogP contribution in [0.5, 0.6) is 0 Å². The monoisotopic (exact) mass is 253 g/mol. The number of piperidine rings is 1. The van der Waals surface area contributed by atoms with Gasteiger partial charge in [-0.3, -0.25) is 9.59 Å². The van der Waals surface area contributed by atoms with E-state index in [0.717, 1.165) is 19.4 Å². The molecule has 2 heterocycles. The van der Waals surface area contributed by atoms with Gasteiger partial charge < -0.3 is 15.5 Å². The minimum absolute atomic E-state index is 0.00363. The molecular weight excluding hydrogens is 230 g/mol. The van der Waals surface area contributed by atoms with E-state index in [-0.39, 0.29) is 23.8 Å². The average Bonchev–Trinajstić information content (AvgIpc) is 2.32. The Kier molecular flexibility index (Phi) is 3.61. The normalized spacial score (nSPS) is 31.9. The summed E-state index contributed by atoms with van der Waals surface area (Å²) in [4.78, 5) is 26.3. The molecule has 2 saturated heterocycles. The molecule has 2 atom stereocenters. The van der Waals surface area contributed by atoms with E-state index in [1.165, 1.54) is 0 Å². The molecule has 2 N–H and O–H groups in total. The van der Waals surface area contributed by atoms with Crippen LogP contribution in [0.4, 0.5) is 0 Å². The highest BCUT2D eigenvalue weighted by molar-refractivity contribution is 5.92. The second kappa shape index (κ2) is 4.88. The Labute approximate surface area is 108 Å². The van der Waals surface area contributed by atoms with Gasteiger partial charge in [-0.1, -0.05) is 0 Å². The first kappa shape index (κ1) is 13.3. The van der Waals surface area contributed by atoms with E-state index in [2.05, 4.69) is 17.6 Å². The fraction of sp³-hybridized carbons (Fsp3) is 0.846. The molecule has 0 aliphatic carbocycles. The lowest BCUT2D eigenvalue weighted by atomic mass is 9.88. The van der Waals surface area contributed by atoms with E-state index in [9.17, 15) is 9.59 Å². The molecule has 0 radical (unpaired) electrons. The molecule has 18 heavy (non-hydrogen) atoms. The van der Waals surface area contributed by atoms with Gasteiger partial charge in [0.1, 0.15) is 5.54 Å². The van der Waals surface area contributed by atoms with Crippen LogP contribution in [0, 0.1) is 5.92 Å². The maximum Gasteiger partial charge on any atom is 0.245 e. The minimum Gasteiger partial charge on any atom is -0.352 e. The molecule has 2 aliphatic rings. The predicted molar refractivity (Wildman–Crippen MR) is 69.0 cm³/mol. The third kappa shape index (κ3) is 2.23. The molecule has 0 spiro atoms. The van der Waals surface area contributed by atoms with Gasteiger partial charge in [0.15, 0.2) is 0 Å². The van der Waals surface area contributed by atoms with Gasteiger partial charge in [0.05, 0.1) is 5.92 Å². The summed E-state index contributed by atoms with van der Waals surface area (Å²) in [5, 5.41) is 6.17. The topological polar surface area (TPSA) is 61.4 Å². The standard InChI is InChI=1S/C13H23N3O2/c1-9-10(5-4-6-14-9)11(17)16-8-7-15-12(18)13(16,2)3/h9-10,14H,4-8H2,1-3H3,(H,15,18). The second-order valence-corrected chi connectivity index (χ2v) is 5.80. The van der Waals surface area contributed by atoms with Crippen molar-refractivity contribution in [1.29, 1.82) is 0 Å². The maximum atomic E-state index is 12.6. The minimum atomic E-state index is -0.730. The van der Waals surface area contributed by atoms with Crippen LogP contribution in [0.15, 0.2) is 0 Å². The molecule has 2 amide bonds. The van der Waals surface area contributed by atoms with E-state index < -0.39 is 5.54 Å². The Morgan fingerprint density at radius 3 is 2.78 bits per heavy atom. The van der Waals surface area contributed by atoms with Crippen molar-refractivity contribution in [3.8, 4) is 0 Å². The van der Waals surface area contributed by atoms with E-state index >= 15 is 0 Å². The van der Waals surface area contributed by atoms with Gasteiger partial charge in [0, 0.05) is 19.1 Å². The summed E-state index contributed by atoms with van der Waals surface area (Å²) < 4.78 is 0. The van der Waals surface area contributed by atoms with Crippen LogP contribution < -0.4 is 10.6 Å². The fourth-order valence-electron chi connectivity index (χ4n) is 2.87. The first-order valence-electron chi connectivity index (χ1n) is 6.78. The number of hydrogen-bond donors (Lipinski definition) is 2. The van der Waals surface area contributed by atoms with E-state index in [1.54, 1.807) is 4.90 Å². The number of carbonyl (C=O) groups is 2. The Hall–Kier alpha value is -1.10. The summed E-state index contributed by atoms with van der Waals surface area (Å²) in [6.45, 7) is 7.84. The molecule has 5 heteroatoms. The lowest BCUT2D eigenvalue weighted by Crippen LogP contribution is -2.65. The van der Waals surface area contributed by atoms with Crippen molar-refractivity contribution in [3.63, 3.8) is 0 Å². The van der Waals surface area contributed by atoms with Crippen LogP contribution in [0.25, 0.3) is 0 Å².